The highest BCUT2D eigenvalue weighted by molar-refractivity contribution is 5.58. The first kappa shape index (κ1) is 14.6. The average molecular weight is 270 g/mol. The summed E-state index contributed by atoms with van der Waals surface area (Å²) in [5.74, 6) is 1.40. The molecule has 20 heavy (non-hydrogen) atoms. The molecule has 2 aromatic heterocycles. The van der Waals surface area contributed by atoms with E-state index in [1.807, 2.05) is 25.3 Å². The lowest BCUT2D eigenvalue weighted by Crippen LogP contribution is -2.20. The van der Waals surface area contributed by atoms with Gasteiger partial charge in [-0.2, -0.15) is 0 Å². The molecule has 4 nitrogen and oxygen atoms in total. The fourth-order valence-corrected chi connectivity index (χ4v) is 2.03. The minimum atomic E-state index is 0.637. The molecule has 2 rings (SSSR count). The Labute approximate surface area is 120 Å². The largest absolute Gasteiger partial charge is 0.311 e. The SMILES string of the molecule is Cc1cc(CNCC(C)C)nc(-c2cnccc2C)n1. The molecule has 0 aliphatic heterocycles. The highest BCUT2D eigenvalue weighted by atomic mass is 14.9. The van der Waals surface area contributed by atoms with Crippen LogP contribution in [0.4, 0.5) is 0 Å². The van der Waals surface area contributed by atoms with Gasteiger partial charge in [0.05, 0.1) is 5.69 Å². The van der Waals surface area contributed by atoms with Crippen LogP contribution in [0.1, 0.15) is 30.8 Å². The molecule has 0 aliphatic rings. The first-order chi connectivity index (χ1) is 9.56. The lowest BCUT2D eigenvalue weighted by Gasteiger charge is -2.10. The molecule has 0 fully saturated rings. The second-order valence-electron chi connectivity index (χ2n) is 5.54. The van der Waals surface area contributed by atoms with Crippen LogP contribution in [0.15, 0.2) is 24.5 Å². The summed E-state index contributed by atoms with van der Waals surface area (Å²) in [6.45, 7) is 10.2. The molecule has 0 unspecified atom stereocenters. The molecule has 0 saturated heterocycles. The Hall–Kier alpha value is -1.81. The standard InChI is InChI=1S/C16H22N4/c1-11(2)8-18-9-14-7-13(4)19-16(20-14)15-10-17-6-5-12(15)3/h5-7,10-11,18H,8-9H2,1-4H3. The highest BCUT2D eigenvalue weighted by Gasteiger charge is 2.08. The second kappa shape index (κ2) is 6.57. The molecule has 0 aromatic carbocycles. The van der Waals surface area contributed by atoms with Gasteiger partial charge < -0.3 is 5.32 Å². The van der Waals surface area contributed by atoms with E-state index in [9.17, 15) is 0 Å². The van der Waals surface area contributed by atoms with Crippen molar-refractivity contribution in [1.82, 2.24) is 20.3 Å². The number of hydrogen-bond donors (Lipinski definition) is 1. The zero-order valence-electron chi connectivity index (χ0n) is 12.6. The van der Waals surface area contributed by atoms with Crippen molar-refractivity contribution in [3.63, 3.8) is 0 Å². The van der Waals surface area contributed by atoms with Crippen LogP contribution in [-0.4, -0.2) is 21.5 Å². The summed E-state index contributed by atoms with van der Waals surface area (Å²) in [6.07, 6.45) is 3.62. The van der Waals surface area contributed by atoms with E-state index in [-0.39, 0.29) is 0 Å². The predicted molar refractivity (Wildman–Crippen MR) is 81.3 cm³/mol. The summed E-state index contributed by atoms with van der Waals surface area (Å²) in [5.41, 5.74) is 4.16. The Kier molecular flexibility index (Phi) is 4.79. The Balaban J connectivity index is 2.23. The Bertz CT molecular complexity index is 578. The van der Waals surface area contributed by atoms with Gasteiger partial charge in [-0.25, -0.2) is 9.97 Å². The van der Waals surface area contributed by atoms with Crippen LogP contribution in [0, 0.1) is 19.8 Å². The smallest absolute Gasteiger partial charge is 0.161 e. The van der Waals surface area contributed by atoms with Crippen molar-refractivity contribution in [2.75, 3.05) is 6.54 Å². The number of aromatic nitrogens is 3. The van der Waals surface area contributed by atoms with Crippen LogP contribution >= 0.6 is 0 Å². The zero-order chi connectivity index (χ0) is 14.5. The van der Waals surface area contributed by atoms with Crippen LogP contribution in [-0.2, 0) is 6.54 Å². The molecule has 2 heterocycles. The van der Waals surface area contributed by atoms with E-state index in [4.69, 9.17) is 0 Å². The molecular weight excluding hydrogens is 248 g/mol. The molecule has 0 saturated carbocycles. The number of pyridine rings is 1. The van der Waals surface area contributed by atoms with Gasteiger partial charge in [-0.1, -0.05) is 13.8 Å². The van der Waals surface area contributed by atoms with Gasteiger partial charge in [0, 0.05) is 30.2 Å². The van der Waals surface area contributed by atoms with E-state index in [1.165, 1.54) is 0 Å². The molecular formula is C16H22N4. The number of nitrogens with zero attached hydrogens (tertiary/aromatic N) is 3. The van der Waals surface area contributed by atoms with Crippen molar-refractivity contribution >= 4 is 0 Å². The maximum absolute atomic E-state index is 4.65. The van der Waals surface area contributed by atoms with E-state index in [2.05, 4.69) is 41.0 Å². The van der Waals surface area contributed by atoms with Gasteiger partial charge in [-0.15, -0.1) is 0 Å². The van der Waals surface area contributed by atoms with Crippen molar-refractivity contribution in [2.24, 2.45) is 5.92 Å². The predicted octanol–water partition coefficient (Wildman–Crippen LogP) is 2.90. The number of hydrogen-bond acceptors (Lipinski definition) is 4. The van der Waals surface area contributed by atoms with Crippen LogP contribution in [0.3, 0.4) is 0 Å². The van der Waals surface area contributed by atoms with Crippen LogP contribution in [0.2, 0.25) is 0 Å². The summed E-state index contributed by atoms with van der Waals surface area (Å²) < 4.78 is 0. The van der Waals surface area contributed by atoms with Gasteiger partial charge in [-0.3, -0.25) is 4.98 Å². The quantitative estimate of drug-likeness (QED) is 0.907. The van der Waals surface area contributed by atoms with Crippen molar-refractivity contribution in [3.05, 3.63) is 41.5 Å². The molecule has 106 valence electrons. The second-order valence-corrected chi connectivity index (χ2v) is 5.54. The summed E-state index contributed by atoms with van der Waals surface area (Å²) in [4.78, 5) is 13.3. The molecule has 0 spiro atoms. The van der Waals surface area contributed by atoms with Crippen LogP contribution in [0.5, 0.6) is 0 Å². The third-order valence-electron chi connectivity index (χ3n) is 3.05. The van der Waals surface area contributed by atoms with Crippen molar-refractivity contribution in [3.8, 4) is 11.4 Å². The molecule has 2 aromatic rings. The Morgan fingerprint density at radius 3 is 2.70 bits per heavy atom. The first-order valence-corrected chi connectivity index (χ1v) is 7.02. The Morgan fingerprint density at radius 1 is 1.20 bits per heavy atom. The summed E-state index contributed by atoms with van der Waals surface area (Å²) in [7, 11) is 0. The minimum absolute atomic E-state index is 0.637. The van der Waals surface area contributed by atoms with E-state index in [1.54, 1.807) is 6.20 Å². The molecule has 0 amide bonds. The monoisotopic (exact) mass is 270 g/mol. The maximum Gasteiger partial charge on any atom is 0.161 e. The number of rotatable bonds is 5. The van der Waals surface area contributed by atoms with Crippen molar-refractivity contribution < 1.29 is 0 Å². The van der Waals surface area contributed by atoms with Crippen LogP contribution in [0.25, 0.3) is 11.4 Å². The lowest BCUT2D eigenvalue weighted by atomic mass is 10.1. The van der Waals surface area contributed by atoms with E-state index < -0.39 is 0 Å². The van der Waals surface area contributed by atoms with Gasteiger partial charge in [0.1, 0.15) is 0 Å². The van der Waals surface area contributed by atoms with Gasteiger partial charge in [0.2, 0.25) is 0 Å². The van der Waals surface area contributed by atoms with Crippen LogP contribution < -0.4 is 5.32 Å². The third kappa shape index (κ3) is 3.84. The molecule has 0 aliphatic carbocycles. The van der Waals surface area contributed by atoms with Crippen molar-refractivity contribution in [2.45, 2.75) is 34.2 Å². The fraction of sp³-hybridized carbons (Fsp3) is 0.438. The summed E-state index contributed by atoms with van der Waals surface area (Å²) in [6, 6.07) is 4.01. The van der Waals surface area contributed by atoms with E-state index >= 15 is 0 Å². The first-order valence-electron chi connectivity index (χ1n) is 7.02. The lowest BCUT2D eigenvalue weighted by molar-refractivity contribution is 0.548. The topological polar surface area (TPSA) is 50.7 Å². The summed E-state index contributed by atoms with van der Waals surface area (Å²) >= 11 is 0. The maximum atomic E-state index is 4.65. The van der Waals surface area contributed by atoms with Gasteiger partial charge in [0.25, 0.3) is 0 Å². The average Bonchev–Trinajstić information content (AvgIpc) is 2.38. The number of nitrogens with one attached hydrogen (secondary N) is 1. The van der Waals surface area contributed by atoms with E-state index in [0.29, 0.717) is 5.92 Å². The zero-order valence-corrected chi connectivity index (χ0v) is 12.6. The van der Waals surface area contributed by atoms with Gasteiger partial charge in [-0.05, 0) is 44.0 Å². The molecule has 0 bridgehead atoms. The van der Waals surface area contributed by atoms with Gasteiger partial charge >= 0.3 is 0 Å². The van der Waals surface area contributed by atoms with E-state index in [0.717, 1.165) is 41.4 Å². The molecule has 0 radical (unpaired) electrons. The highest BCUT2D eigenvalue weighted by Crippen LogP contribution is 2.18. The van der Waals surface area contributed by atoms with Gasteiger partial charge in [0.15, 0.2) is 5.82 Å². The molecule has 0 atom stereocenters. The normalized spacial score (nSPS) is 11.1. The number of aryl methyl sites for hydroxylation is 2. The minimum Gasteiger partial charge on any atom is -0.311 e. The third-order valence-corrected chi connectivity index (χ3v) is 3.05. The molecule has 1 N–H and O–H groups in total. The Morgan fingerprint density at radius 2 is 2.00 bits per heavy atom. The van der Waals surface area contributed by atoms with Crippen molar-refractivity contribution in [1.29, 1.82) is 0 Å². The summed E-state index contributed by atoms with van der Waals surface area (Å²) in [5, 5.41) is 3.42. The molecule has 4 heteroatoms. The fourth-order valence-electron chi connectivity index (χ4n) is 2.03.